The molecule has 5 nitrogen and oxygen atoms in total. The maximum absolute atomic E-state index is 12.9. The summed E-state index contributed by atoms with van der Waals surface area (Å²) in [6.07, 6.45) is 1.09. The molecule has 0 unspecified atom stereocenters. The molecule has 1 saturated carbocycles. The second-order valence-corrected chi connectivity index (χ2v) is 5.51. The van der Waals surface area contributed by atoms with Gasteiger partial charge in [0, 0.05) is 13.2 Å². The molecule has 0 radical (unpaired) electrons. The van der Waals surface area contributed by atoms with Crippen LogP contribution >= 0.6 is 0 Å². The van der Waals surface area contributed by atoms with E-state index in [0.717, 1.165) is 12.0 Å². The van der Waals surface area contributed by atoms with Gasteiger partial charge in [0.1, 0.15) is 5.82 Å². The van der Waals surface area contributed by atoms with Gasteiger partial charge in [0.2, 0.25) is 11.8 Å². The number of carbonyl (C=O) groups is 2. The third-order valence-electron chi connectivity index (χ3n) is 3.77. The van der Waals surface area contributed by atoms with Crippen molar-refractivity contribution in [1.29, 1.82) is 0 Å². The molecule has 1 fully saturated rings. The van der Waals surface area contributed by atoms with Crippen LogP contribution in [0.3, 0.4) is 0 Å². The van der Waals surface area contributed by atoms with Crippen LogP contribution in [0.25, 0.3) is 0 Å². The minimum Gasteiger partial charge on any atom is -0.378 e. The quantitative estimate of drug-likeness (QED) is 0.752. The maximum atomic E-state index is 12.9. The Morgan fingerprint density at radius 1 is 1.41 bits per heavy atom. The van der Waals surface area contributed by atoms with Crippen molar-refractivity contribution in [2.75, 3.05) is 13.2 Å². The Labute approximate surface area is 129 Å². The highest BCUT2D eigenvalue weighted by atomic mass is 19.1. The SMILES string of the molecule is CCO[C@@H]1C[C@@H]1C(=O)NC[C@H](Cc1ccc(F)cc1)C(N)=O. The minimum absolute atomic E-state index is 0.00544. The molecule has 0 aromatic heterocycles. The zero-order valence-corrected chi connectivity index (χ0v) is 12.5. The summed E-state index contributed by atoms with van der Waals surface area (Å²) in [5.41, 5.74) is 6.18. The molecule has 0 saturated heterocycles. The highest BCUT2D eigenvalue weighted by Gasteiger charge is 2.43. The van der Waals surface area contributed by atoms with Crippen LogP contribution in [0.15, 0.2) is 24.3 Å². The van der Waals surface area contributed by atoms with Gasteiger partial charge in [-0.1, -0.05) is 12.1 Å². The predicted octanol–water partition coefficient (Wildman–Crippen LogP) is 1.01. The van der Waals surface area contributed by atoms with E-state index in [9.17, 15) is 14.0 Å². The molecule has 1 aromatic carbocycles. The summed E-state index contributed by atoms with van der Waals surface area (Å²) < 4.78 is 18.2. The van der Waals surface area contributed by atoms with E-state index in [1.165, 1.54) is 12.1 Å². The Kier molecular flexibility index (Phi) is 5.49. The Bertz CT molecular complexity index is 533. The molecule has 0 spiro atoms. The smallest absolute Gasteiger partial charge is 0.225 e. The first-order chi connectivity index (χ1) is 10.5. The molecule has 2 amide bonds. The van der Waals surface area contributed by atoms with E-state index in [-0.39, 0.29) is 30.3 Å². The van der Waals surface area contributed by atoms with Crippen molar-refractivity contribution < 1.29 is 18.7 Å². The lowest BCUT2D eigenvalue weighted by atomic mass is 9.98. The van der Waals surface area contributed by atoms with Crippen LogP contribution in [0.5, 0.6) is 0 Å². The first-order valence-electron chi connectivity index (χ1n) is 7.44. The van der Waals surface area contributed by atoms with Crippen LogP contribution in [0, 0.1) is 17.7 Å². The van der Waals surface area contributed by atoms with Crippen molar-refractivity contribution in [1.82, 2.24) is 5.32 Å². The van der Waals surface area contributed by atoms with Crippen LogP contribution < -0.4 is 11.1 Å². The molecule has 0 bridgehead atoms. The number of primary amides is 1. The third-order valence-corrected chi connectivity index (χ3v) is 3.77. The number of hydrogen-bond donors (Lipinski definition) is 2. The standard InChI is InChI=1S/C16H21FN2O3/c1-2-22-14-8-13(14)16(21)19-9-11(15(18)20)7-10-3-5-12(17)6-4-10/h3-6,11,13-14H,2,7-9H2,1H3,(H2,18,20)(H,19,21)/t11-,13-,14+/m0/s1. The second kappa shape index (κ2) is 7.35. The predicted molar refractivity (Wildman–Crippen MR) is 79.3 cm³/mol. The summed E-state index contributed by atoms with van der Waals surface area (Å²) in [7, 11) is 0. The number of nitrogens with two attached hydrogens (primary N) is 1. The van der Waals surface area contributed by atoms with E-state index < -0.39 is 11.8 Å². The molecule has 1 aromatic rings. The Morgan fingerprint density at radius 2 is 2.09 bits per heavy atom. The van der Waals surface area contributed by atoms with Gasteiger partial charge in [0.15, 0.2) is 0 Å². The number of nitrogens with one attached hydrogen (secondary N) is 1. The fourth-order valence-electron chi connectivity index (χ4n) is 2.38. The molecule has 0 aliphatic heterocycles. The molecule has 1 aliphatic rings. The van der Waals surface area contributed by atoms with E-state index in [2.05, 4.69) is 5.32 Å². The van der Waals surface area contributed by atoms with Crippen molar-refractivity contribution in [2.45, 2.75) is 25.9 Å². The van der Waals surface area contributed by atoms with Crippen molar-refractivity contribution in [2.24, 2.45) is 17.6 Å². The van der Waals surface area contributed by atoms with Gasteiger partial charge in [0.05, 0.1) is 17.9 Å². The minimum atomic E-state index is -0.515. The number of hydrogen-bond acceptors (Lipinski definition) is 3. The highest BCUT2D eigenvalue weighted by Crippen LogP contribution is 2.33. The molecule has 6 heteroatoms. The molecule has 3 N–H and O–H groups in total. The summed E-state index contributed by atoms with van der Waals surface area (Å²) in [5.74, 6) is -1.56. The molecule has 2 rings (SSSR count). The number of ether oxygens (including phenoxy) is 1. The van der Waals surface area contributed by atoms with Gasteiger partial charge >= 0.3 is 0 Å². The average Bonchev–Trinajstić information content (AvgIpc) is 3.24. The van der Waals surface area contributed by atoms with E-state index >= 15 is 0 Å². The van der Waals surface area contributed by atoms with Gasteiger partial charge in [-0.05, 0) is 37.5 Å². The molecule has 1 aliphatic carbocycles. The van der Waals surface area contributed by atoms with E-state index in [1.54, 1.807) is 12.1 Å². The lowest BCUT2D eigenvalue weighted by molar-refractivity contribution is -0.124. The zero-order chi connectivity index (χ0) is 16.1. The molecule has 3 atom stereocenters. The van der Waals surface area contributed by atoms with Gasteiger partial charge < -0.3 is 15.8 Å². The van der Waals surface area contributed by atoms with Gasteiger partial charge in [-0.3, -0.25) is 9.59 Å². The summed E-state index contributed by atoms with van der Waals surface area (Å²) in [5, 5.41) is 2.75. The molecule has 22 heavy (non-hydrogen) atoms. The summed E-state index contributed by atoms with van der Waals surface area (Å²) in [6.45, 7) is 2.66. The molecule has 0 heterocycles. The average molecular weight is 308 g/mol. The van der Waals surface area contributed by atoms with Gasteiger partial charge in [-0.25, -0.2) is 4.39 Å². The Balaban J connectivity index is 1.83. The normalized spacial score (nSPS) is 21.2. The van der Waals surface area contributed by atoms with Crippen LogP contribution in [-0.2, 0) is 20.7 Å². The molecule has 120 valence electrons. The summed E-state index contributed by atoms with van der Waals surface area (Å²) in [4.78, 5) is 23.4. The van der Waals surface area contributed by atoms with Crippen LogP contribution in [0.1, 0.15) is 18.9 Å². The largest absolute Gasteiger partial charge is 0.378 e. The van der Waals surface area contributed by atoms with Gasteiger partial charge in [-0.2, -0.15) is 0 Å². The van der Waals surface area contributed by atoms with Crippen molar-refractivity contribution in [3.8, 4) is 0 Å². The number of rotatable bonds is 8. The van der Waals surface area contributed by atoms with Gasteiger partial charge in [0.25, 0.3) is 0 Å². The zero-order valence-electron chi connectivity index (χ0n) is 12.5. The summed E-state index contributed by atoms with van der Waals surface area (Å²) >= 11 is 0. The van der Waals surface area contributed by atoms with Crippen molar-refractivity contribution in [3.05, 3.63) is 35.6 Å². The monoisotopic (exact) mass is 308 g/mol. The van der Waals surface area contributed by atoms with Gasteiger partial charge in [-0.15, -0.1) is 0 Å². The van der Waals surface area contributed by atoms with Crippen molar-refractivity contribution >= 4 is 11.8 Å². The van der Waals surface area contributed by atoms with Crippen LogP contribution in [0.2, 0.25) is 0 Å². The number of halogens is 1. The van der Waals surface area contributed by atoms with Crippen LogP contribution in [0.4, 0.5) is 4.39 Å². The lowest BCUT2D eigenvalue weighted by Gasteiger charge is -2.14. The molecular formula is C16H21FN2O3. The van der Waals surface area contributed by atoms with E-state index in [0.29, 0.717) is 13.0 Å². The Morgan fingerprint density at radius 3 is 2.68 bits per heavy atom. The maximum Gasteiger partial charge on any atom is 0.225 e. The van der Waals surface area contributed by atoms with Crippen LogP contribution in [-0.4, -0.2) is 31.1 Å². The van der Waals surface area contributed by atoms with Crippen molar-refractivity contribution in [3.63, 3.8) is 0 Å². The van der Waals surface area contributed by atoms with E-state index in [4.69, 9.17) is 10.5 Å². The second-order valence-electron chi connectivity index (χ2n) is 5.51. The lowest BCUT2D eigenvalue weighted by Crippen LogP contribution is -2.38. The number of amides is 2. The fraction of sp³-hybridized carbons (Fsp3) is 0.500. The third kappa shape index (κ3) is 4.53. The number of carbonyl (C=O) groups excluding carboxylic acids is 2. The summed E-state index contributed by atoms with van der Waals surface area (Å²) in [6, 6.07) is 5.89. The number of benzene rings is 1. The first-order valence-corrected chi connectivity index (χ1v) is 7.44. The fourth-order valence-corrected chi connectivity index (χ4v) is 2.38. The first kappa shape index (κ1) is 16.4. The van der Waals surface area contributed by atoms with E-state index in [1.807, 2.05) is 6.92 Å². The molecular weight excluding hydrogens is 287 g/mol. The topological polar surface area (TPSA) is 81.4 Å². The Hall–Kier alpha value is -1.95. The highest BCUT2D eigenvalue weighted by molar-refractivity contribution is 5.83.